The average Bonchev–Trinajstić information content (AvgIpc) is 2.48. The number of benzene rings is 2. The molecule has 2 aromatic rings. The van der Waals surface area contributed by atoms with Gasteiger partial charge in [-0.15, -0.1) is 0 Å². The third-order valence-corrected chi connectivity index (χ3v) is 11.5. The topological polar surface area (TPSA) is 0 Å². The van der Waals surface area contributed by atoms with Crippen LogP contribution >= 0.6 is 11.1 Å². The zero-order valence-corrected chi connectivity index (χ0v) is 13.6. The van der Waals surface area contributed by atoms with Crippen LogP contribution in [-0.4, -0.2) is 7.38 Å². The molecule has 0 amide bonds. The summed E-state index contributed by atoms with van der Waals surface area (Å²) in [6.45, 7) is 6.83. The van der Waals surface area contributed by atoms with Gasteiger partial charge in [0.05, 0.1) is 0 Å². The Morgan fingerprint density at radius 1 is 0.842 bits per heavy atom. The molecular formula is C17H21ClSi. The molecule has 0 fully saturated rings. The molecule has 0 nitrogen and oxygen atoms in total. The van der Waals surface area contributed by atoms with Gasteiger partial charge in [0, 0.05) is 0 Å². The van der Waals surface area contributed by atoms with E-state index in [0.29, 0.717) is 0 Å². The largest absolute Gasteiger partial charge is 0.222 e. The molecule has 0 aromatic heterocycles. The molecule has 2 rings (SSSR count). The van der Waals surface area contributed by atoms with Crippen molar-refractivity contribution in [2.45, 2.75) is 32.2 Å². The molecule has 0 aliphatic carbocycles. The second-order valence-corrected chi connectivity index (χ2v) is 11.2. The molecule has 0 saturated heterocycles. The van der Waals surface area contributed by atoms with E-state index < -0.39 is 7.38 Å². The molecule has 0 bridgehead atoms. The lowest BCUT2D eigenvalue weighted by Crippen LogP contribution is -2.60. The van der Waals surface area contributed by atoms with Crippen LogP contribution in [0.4, 0.5) is 0 Å². The summed E-state index contributed by atoms with van der Waals surface area (Å²) in [6, 6.07) is 21.2. The maximum atomic E-state index is 7.32. The molecule has 0 N–H and O–H groups in total. The van der Waals surface area contributed by atoms with Gasteiger partial charge < -0.3 is 0 Å². The van der Waals surface area contributed by atoms with E-state index in [1.165, 1.54) is 10.4 Å². The standard InChI is InChI=1S/C17H21ClSi/c1-4-17(2,3)19(18,15-11-7-5-8-12-15)16-13-9-6-10-14-16/h5-14H,4H2,1-3H3. The first kappa shape index (κ1) is 14.4. The molecule has 0 aliphatic heterocycles. The lowest BCUT2D eigenvalue weighted by molar-refractivity contribution is 0.636. The predicted molar refractivity (Wildman–Crippen MR) is 88.1 cm³/mol. The van der Waals surface area contributed by atoms with Gasteiger partial charge in [0.25, 0.3) is 0 Å². The Morgan fingerprint density at radius 3 is 1.53 bits per heavy atom. The molecule has 19 heavy (non-hydrogen) atoms. The molecule has 0 heterocycles. The second-order valence-electron chi connectivity index (χ2n) is 5.63. The van der Waals surface area contributed by atoms with Gasteiger partial charge in [0.2, 0.25) is 7.38 Å². The van der Waals surface area contributed by atoms with Gasteiger partial charge in [-0.1, -0.05) is 87.9 Å². The molecule has 0 atom stereocenters. The van der Waals surface area contributed by atoms with Gasteiger partial charge >= 0.3 is 0 Å². The SMILES string of the molecule is CCC(C)(C)[Si](Cl)(c1ccccc1)c1ccccc1. The van der Waals surface area contributed by atoms with Crippen molar-refractivity contribution in [3.05, 3.63) is 60.7 Å². The van der Waals surface area contributed by atoms with Crippen LogP contribution in [0.3, 0.4) is 0 Å². The number of hydrogen-bond donors (Lipinski definition) is 0. The Hall–Kier alpha value is -1.05. The molecular weight excluding hydrogens is 268 g/mol. The van der Waals surface area contributed by atoms with Gasteiger partial charge in [0.15, 0.2) is 0 Å². The van der Waals surface area contributed by atoms with E-state index in [9.17, 15) is 0 Å². The van der Waals surface area contributed by atoms with Crippen molar-refractivity contribution in [1.29, 1.82) is 0 Å². The lowest BCUT2D eigenvalue weighted by atomic mass is 10.1. The highest BCUT2D eigenvalue weighted by Crippen LogP contribution is 2.42. The van der Waals surface area contributed by atoms with Gasteiger partial charge in [-0.05, 0) is 15.4 Å². The van der Waals surface area contributed by atoms with Crippen molar-refractivity contribution in [2.24, 2.45) is 0 Å². The first-order valence-corrected chi connectivity index (χ1v) is 9.83. The predicted octanol–water partition coefficient (Wildman–Crippen LogP) is 4.18. The van der Waals surface area contributed by atoms with Crippen molar-refractivity contribution in [3.8, 4) is 0 Å². The van der Waals surface area contributed by atoms with Crippen LogP contribution in [0, 0.1) is 0 Å². The number of hydrogen-bond acceptors (Lipinski definition) is 0. The van der Waals surface area contributed by atoms with Crippen LogP contribution in [0.1, 0.15) is 27.2 Å². The van der Waals surface area contributed by atoms with Gasteiger partial charge in [0.1, 0.15) is 0 Å². The summed E-state index contributed by atoms with van der Waals surface area (Å²) in [6.07, 6.45) is 1.08. The van der Waals surface area contributed by atoms with E-state index in [-0.39, 0.29) is 5.04 Å². The molecule has 100 valence electrons. The van der Waals surface area contributed by atoms with Crippen LogP contribution in [0.5, 0.6) is 0 Å². The van der Waals surface area contributed by atoms with Crippen LogP contribution in [0.15, 0.2) is 60.7 Å². The molecule has 0 spiro atoms. The summed E-state index contributed by atoms with van der Waals surface area (Å²) in [5, 5.41) is 2.71. The minimum absolute atomic E-state index is 0.108. The van der Waals surface area contributed by atoms with Gasteiger partial charge in [-0.3, -0.25) is 0 Å². The van der Waals surface area contributed by atoms with E-state index in [1.807, 2.05) is 0 Å². The molecule has 2 aromatic carbocycles. The van der Waals surface area contributed by atoms with E-state index >= 15 is 0 Å². The van der Waals surface area contributed by atoms with E-state index in [4.69, 9.17) is 11.1 Å². The third-order valence-electron chi connectivity index (χ3n) is 4.16. The van der Waals surface area contributed by atoms with Crippen molar-refractivity contribution < 1.29 is 0 Å². The van der Waals surface area contributed by atoms with E-state index in [0.717, 1.165) is 6.42 Å². The smallest absolute Gasteiger partial charge is 0.154 e. The highest BCUT2D eigenvalue weighted by molar-refractivity contribution is 7.35. The highest BCUT2D eigenvalue weighted by atomic mass is 35.6. The summed E-state index contributed by atoms with van der Waals surface area (Å²) in [4.78, 5) is 0. The van der Waals surface area contributed by atoms with Gasteiger partial charge in [-0.25, -0.2) is 0 Å². The highest BCUT2D eigenvalue weighted by Gasteiger charge is 2.48. The zero-order chi connectivity index (χ0) is 13.9. The Labute approximate surface area is 122 Å². The molecule has 0 saturated carbocycles. The summed E-state index contributed by atoms with van der Waals surface area (Å²) in [7, 11) is -2.26. The van der Waals surface area contributed by atoms with Crippen molar-refractivity contribution >= 4 is 28.8 Å². The number of halogens is 1. The minimum atomic E-state index is -2.26. The lowest BCUT2D eigenvalue weighted by Gasteiger charge is -2.40. The third kappa shape index (κ3) is 2.50. The van der Waals surface area contributed by atoms with Crippen LogP contribution in [0.2, 0.25) is 5.04 Å². The fourth-order valence-electron chi connectivity index (χ4n) is 2.53. The van der Waals surface area contributed by atoms with Crippen LogP contribution in [0.25, 0.3) is 0 Å². The Bertz CT molecular complexity index is 480. The summed E-state index contributed by atoms with van der Waals surface area (Å²) in [5.74, 6) is 0. The first-order valence-electron chi connectivity index (χ1n) is 6.82. The first-order chi connectivity index (χ1) is 9.02. The monoisotopic (exact) mass is 288 g/mol. The maximum Gasteiger partial charge on any atom is 0.222 e. The maximum absolute atomic E-state index is 7.32. The van der Waals surface area contributed by atoms with Crippen LogP contribution < -0.4 is 10.4 Å². The van der Waals surface area contributed by atoms with Crippen LogP contribution in [-0.2, 0) is 0 Å². The Balaban J connectivity index is 2.65. The van der Waals surface area contributed by atoms with Crippen molar-refractivity contribution in [1.82, 2.24) is 0 Å². The summed E-state index contributed by atoms with van der Waals surface area (Å²) >= 11 is 7.32. The Morgan fingerprint density at radius 2 is 1.21 bits per heavy atom. The summed E-state index contributed by atoms with van der Waals surface area (Å²) in [5.41, 5.74) is 0. The quantitative estimate of drug-likeness (QED) is 0.585. The fraction of sp³-hybridized carbons (Fsp3) is 0.294. The van der Waals surface area contributed by atoms with E-state index in [1.54, 1.807) is 0 Å². The molecule has 0 unspecified atom stereocenters. The van der Waals surface area contributed by atoms with Gasteiger partial charge in [-0.2, -0.15) is 11.1 Å². The normalized spacial score (nSPS) is 12.4. The number of rotatable bonds is 4. The molecule has 2 heteroatoms. The van der Waals surface area contributed by atoms with E-state index in [2.05, 4.69) is 81.4 Å². The average molecular weight is 289 g/mol. The second kappa shape index (κ2) is 5.52. The molecule has 0 aliphatic rings. The minimum Gasteiger partial charge on any atom is -0.154 e. The van der Waals surface area contributed by atoms with Crippen molar-refractivity contribution in [2.75, 3.05) is 0 Å². The summed E-state index contributed by atoms with van der Waals surface area (Å²) < 4.78 is 0. The fourth-order valence-corrected chi connectivity index (χ4v) is 7.37. The molecule has 0 radical (unpaired) electrons. The Kier molecular flexibility index (Phi) is 4.17. The van der Waals surface area contributed by atoms with Crippen molar-refractivity contribution in [3.63, 3.8) is 0 Å². The zero-order valence-electron chi connectivity index (χ0n) is 11.9.